The molecule has 2 rings (SSSR count). The molecular weight excluding hydrogens is 432 g/mol. The average Bonchev–Trinajstić information content (AvgIpc) is 2.74. The monoisotopic (exact) mass is 458 g/mol. The van der Waals surface area contributed by atoms with Crippen molar-refractivity contribution in [1.29, 1.82) is 0 Å². The quantitative estimate of drug-likeness (QED) is 0.398. The summed E-state index contributed by atoms with van der Waals surface area (Å²) in [5, 5.41) is 29.0. The van der Waals surface area contributed by atoms with Crippen LogP contribution in [0.25, 0.3) is 0 Å². The van der Waals surface area contributed by atoms with Crippen molar-refractivity contribution in [3.63, 3.8) is 0 Å². The molecule has 0 atom stereocenters. The normalized spacial score (nSPS) is 12.7. The molecule has 0 radical (unpaired) electrons. The van der Waals surface area contributed by atoms with E-state index in [0.717, 1.165) is 8.61 Å². The molecule has 0 heterocycles. The van der Waals surface area contributed by atoms with Crippen LogP contribution in [-0.2, 0) is 20.0 Å². The molecule has 0 aromatic heterocycles. The summed E-state index contributed by atoms with van der Waals surface area (Å²) in [4.78, 5) is -0.00968. The number of aliphatic hydroxyl groups excluding tert-OH is 3. The summed E-state index contributed by atoms with van der Waals surface area (Å²) in [6.45, 7) is -2.32. The number of hydrogen-bond acceptors (Lipinski definition) is 7. The van der Waals surface area contributed by atoms with Gasteiger partial charge in [-0.3, -0.25) is 0 Å². The van der Waals surface area contributed by atoms with Crippen molar-refractivity contribution >= 4 is 20.0 Å². The highest BCUT2D eigenvalue weighted by Crippen LogP contribution is 2.18. The van der Waals surface area contributed by atoms with Crippen LogP contribution in [0.2, 0.25) is 0 Å². The van der Waals surface area contributed by atoms with E-state index >= 15 is 0 Å². The summed E-state index contributed by atoms with van der Waals surface area (Å²) in [7, 11) is -8.00. The van der Waals surface area contributed by atoms with Gasteiger partial charge in [-0.25, -0.2) is 16.8 Å². The Morgan fingerprint density at radius 2 is 1.00 bits per heavy atom. The molecule has 2 aromatic rings. The van der Waals surface area contributed by atoms with Gasteiger partial charge in [0.1, 0.15) is 0 Å². The molecule has 30 heavy (non-hydrogen) atoms. The Balaban J connectivity index is 2.21. The standard InChI is InChI=1S/C19H26N2O7S2/c22-13-11-20(29(25,26)18-7-3-1-4-8-18)15-17(24)16-21(12-14-23)30(27,28)19-9-5-2-6-10-19/h1-10,17,22-24H,11-16H2. The molecule has 0 spiro atoms. The van der Waals surface area contributed by atoms with Crippen LogP contribution in [0.15, 0.2) is 70.5 Å². The van der Waals surface area contributed by atoms with Gasteiger partial charge in [0.25, 0.3) is 0 Å². The fourth-order valence-corrected chi connectivity index (χ4v) is 5.83. The zero-order valence-electron chi connectivity index (χ0n) is 16.3. The maximum atomic E-state index is 12.8. The molecule has 2 aromatic carbocycles. The number of hydrogen-bond donors (Lipinski definition) is 3. The fraction of sp³-hybridized carbons (Fsp3) is 0.368. The van der Waals surface area contributed by atoms with Gasteiger partial charge in [0.15, 0.2) is 0 Å². The first-order valence-electron chi connectivity index (χ1n) is 9.23. The van der Waals surface area contributed by atoms with E-state index < -0.39 is 52.5 Å². The summed E-state index contributed by atoms with van der Waals surface area (Å²) < 4.78 is 53.1. The van der Waals surface area contributed by atoms with Crippen LogP contribution in [-0.4, -0.2) is 86.3 Å². The topological polar surface area (TPSA) is 135 Å². The molecule has 0 aliphatic heterocycles. The van der Waals surface area contributed by atoms with Crippen molar-refractivity contribution in [3.8, 4) is 0 Å². The second-order valence-corrected chi connectivity index (χ2v) is 10.3. The van der Waals surface area contributed by atoms with E-state index in [1.165, 1.54) is 24.3 Å². The van der Waals surface area contributed by atoms with Crippen molar-refractivity contribution in [2.75, 3.05) is 39.4 Å². The average molecular weight is 459 g/mol. The van der Waals surface area contributed by atoms with Crippen molar-refractivity contribution in [1.82, 2.24) is 8.61 Å². The Kier molecular flexibility index (Phi) is 8.92. The third kappa shape index (κ3) is 6.08. The Bertz CT molecular complexity index is 903. The molecule has 11 heteroatoms. The third-order valence-corrected chi connectivity index (χ3v) is 8.05. The van der Waals surface area contributed by atoms with Gasteiger partial charge in [0.2, 0.25) is 20.0 Å². The Hall–Kier alpha value is -1.86. The second-order valence-electron chi connectivity index (χ2n) is 6.45. The van der Waals surface area contributed by atoms with Gasteiger partial charge >= 0.3 is 0 Å². The van der Waals surface area contributed by atoms with Crippen LogP contribution in [0.1, 0.15) is 0 Å². The maximum Gasteiger partial charge on any atom is 0.243 e. The predicted octanol–water partition coefficient (Wildman–Crippen LogP) is -0.286. The number of rotatable bonds is 12. The van der Waals surface area contributed by atoms with Crippen LogP contribution in [0.4, 0.5) is 0 Å². The van der Waals surface area contributed by atoms with Crippen molar-refractivity contribution in [2.24, 2.45) is 0 Å². The first-order valence-corrected chi connectivity index (χ1v) is 12.1. The van der Waals surface area contributed by atoms with Crippen LogP contribution in [0.3, 0.4) is 0 Å². The highest BCUT2D eigenvalue weighted by Gasteiger charge is 2.30. The zero-order valence-corrected chi connectivity index (χ0v) is 17.9. The van der Waals surface area contributed by atoms with Gasteiger partial charge in [-0.05, 0) is 24.3 Å². The first kappa shape index (κ1) is 24.4. The van der Waals surface area contributed by atoms with E-state index in [9.17, 15) is 32.2 Å². The van der Waals surface area contributed by atoms with E-state index in [2.05, 4.69) is 0 Å². The molecule has 0 saturated carbocycles. The van der Waals surface area contributed by atoms with Crippen LogP contribution in [0, 0.1) is 0 Å². The number of nitrogens with zero attached hydrogens (tertiary/aromatic N) is 2. The smallest absolute Gasteiger partial charge is 0.243 e. The lowest BCUT2D eigenvalue weighted by Crippen LogP contribution is -2.46. The molecule has 0 fully saturated rings. The lowest BCUT2D eigenvalue weighted by molar-refractivity contribution is 0.111. The van der Waals surface area contributed by atoms with Gasteiger partial charge in [-0.2, -0.15) is 8.61 Å². The van der Waals surface area contributed by atoms with Gasteiger partial charge < -0.3 is 15.3 Å². The minimum atomic E-state index is -4.00. The Morgan fingerprint density at radius 1 is 0.667 bits per heavy atom. The van der Waals surface area contributed by atoms with Crippen LogP contribution >= 0.6 is 0 Å². The highest BCUT2D eigenvalue weighted by atomic mass is 32.2. The minimum Gasteiger partial charge on any atom is -0.395 e. The highest BCUT2D eigenvalue weighted by molar-refractivity contribution is 7.89. The van der Waals surface area contributed by atoms with Gasteiger partial charge in [0, 0.05) is 26.2 Å². The number of benzene rings is 2. The molecule has 0 unspecified atom stereocenters. The van der Waals surface area contributed by atoms with E-state index in [1.807, 2.05) is 0 Å². The predicted molar refractivity (Wildman–Crippen MR) is 111 cm³/mol. The molecule has 0 bridgehead atoms. The molecule has 0 saturated heterocycles. The molecule has 166 valence electrons. The third-order valence-electron chi connectivity index (χ3n) is 4.29. The maximum absolute atomic E-state index is 12.8. The molecule has 0 amide bonds. The summed E-state index contributed by atoms with van der Waals surface area (Å²) in [6, 6.07) is 15.1. The fourth-order valence-electron chi connectivity index (χ4n) is 2.85. The van der Waals surface area contributed by atoms with Crippen molar-refractivity contribution in [2.45, 2.75) is 15.9 Å². The number of aliphatic hydroxyl groups is 3. The Morgan fingerprint density at radius 3 is 1.30 bits per heavy atom. The van der Waals surface area contributed by atoms with E-state index in [-0.39, 0.29) is 22.9 Å². The molecular formula is C19H26N2O7S2. The van der Waals surface area contributed by atoms with Crippen molar-refractivity contribution in [3.05, 3.63) is 60.7 Å². The molecule has 9 nitrogen and oxygen atoms in total. The lowest BCUT2D eigenvalue weighted by atomic mass is 10.3. The molecule has 0 aliphatic rings. The van der Waals surface area contributed by atoms with E-state index in [1.54, 1.807) is 36.4 Å². The van der Waals surface area contributed by atoms with Crippen LogP contribution < -0.4 is 0 Å². The largest absolute Gasteiger partial charge is 0.395 e. The summed E-state index contributed by atoms with van der Waals surface area (Å²) >= 11 is 0. The van der Waals surface area contributed by atoms with E-state index in [4.69, 9.17) is 0 Å². The van der Waals surface area contributed by atoms with Gasteiger partial charge in [0.05, 0.1) is 29.1 Å². The SMILES string of the molecule is O=S(=O)(c1ccccc1)N(CCO)CC(O)CN(CCO)S(=O)(=O)c1ccccc1. The van der Waals surface area contributed by atoms with Gasteiger partial charge in [-0.15, -0.1) is 0 Å². The summed E-state index contributed by atoms with van der Waals surface area (Å²) in [5.74, 6) is 0. The second kappa shape index (κ2) is 11.0. The molecule has 0 aliphatic carbocycles. The Labute approximate surface area is 176 Å². The summed E-state index contributed by atoms with van der Waals surface area (Å²) in [6.07, 6.45) is -1.39. The van der Waals surface area contributed by atoms with Gasteiger partial charge in [-0.1, -0.05) is 36.4 Å². The number of sulfonamides is 2. The zero-order chi connectivity index (χ0) is 22.2. The minimum absolute atomic E-state index is 0.00484. The van der Waals surface area contributed by atoms with Crippen LogP contribution in [0.5, 0.6) is 0 Å². The van der Waals surface area contributed by atoms with Crippen molar-refractivity contribution < 1.29 is 32.2 Å². The first-order chi connectivity index (χ1) is 14.2. The lowest BCUT2D eigenvalue weighted by Gasteiger charge is -2.28. The summed E-state index contributed by atoms with van der Waals surface area (Å²) in [5.41, 5.74) is 0. The van der Waals surface area contributed by atoms with E-state index in [0.29, 0.717) is 0 Å². The molecule has 3 N–H and O–H groups in total.